The Morgan fingerprint density at radius 2 is 2.31 bits per heavy atom. The van der Waals surface area contributed by atoms with E-state index < -0.39 is 11.4 Å². The summed E-state index contributed by atoms with van der Waals surface area (Å²) in [6, 6.07) is -1.21. The first kappa shape index (κ1) is 11.1. The maximum Gasteiger partial charge on any atom is 0.338 e. The van der Waals surface area contributed by atoms with E-state index in [0.717, 1.165) is 6.42 Å². The van der Waals surface area contributed by atoms with Gasteiger partial charge >= 0.3 is 5.38 Å². The summed E-state index contributed by atoms with van der Waals surface area (Å²) >= 11 is 4.90. The molecule has 1 fully saturated rings. The van der Waals surface area contributed by atoms with Gasteiger partial charge in [-0.25, -0.2) is 5.43 Å². The molecule has 1 rings (SSSR count). The molecule has 78 valence electrons. The molecule has 1 heterocycles. The van der Waals surface area contributed by atoms with Crippen LogP contribution in [0.2, 0.25) is 0 Å². The van der Waals surface area contributed by atoms with Gasteiger partial charge in [0.15, 0.2) is 0 Å². The van der Waals surface area contributed by atoms with Crippen LogP contribution in [0.5, 0.6) is 0 Å². The number of nitrogens with two attached hydrogens (primary N) is 1. The highest BCUT2D eigenvalue weighted by atomic mass is 35.5. The number of alkyl halides is 3. The molecule has 0 aromatic rings. The molecule has 6 heteroatoms. The van der Waals surface area contributed by atoms with E-state index in [1.165, 1.54) is 0 Å². The van der Waals surface area contributed by atoms with Crippen LogP contribution in [-0.4, -0.2) is 24.6 Å². The van der Waals surface area contributed by atoms with Crippen molar-refractivity contribution >= 4 is 11.6 Å². The normalized spacial score (nSPS) is 27.2. The quantitative estimate of drug-likeness (QED) is 0.420. The maximum absolute atomic E-state index is 12.7. The summed E-state index contributed by atoms with van der Waals surface area (Å²) in [5.74, 6) is 4.71. The van der Waals surface area contributed by atoms with Gasteiger partial charge in [0.1, 0.15) is 6.04 Å². The summed E-state index contributed by atoms with van der Waals surface area (Å²) in [6.45, 7) is 0.916. The van der Waals surface area contributed by atoms with Crippen LogP contribution in [0.15, 0.2) is 0 Å². The number of hydrogen-bond donors (Lipinski definition) is 2. The van der Waals surface area contributed by atoms with E-state index in [0.29, 0.717) is 13.0 Å². The SMILES string of the molecule is NNC(C1CCCOC1)C(F)(F)Cl. The summed E-state index contributed by atoms with van der Waals surface area (Å²) in [5.41, 5.74) is 2.05. The Labute approximate surface area is 80.5 Å². The summed E-state index contributed by atoms with van der Waals surface area (Å²) in [5, 5.41) is -3.32. The van der Waals surface area contributed by atoms with E-state index in [2.05, 4.69) is 0 Å². The second kappa shape index (κ2) is 4.50. The molecule has 3 N–H and O–H groups in total. The number of ether oxygens (including phenoxy) is 1. The van der Waals surface area contributed by atoms with Crippen LogP contribution in [0, 0.1) is 5.92 Å². The number of halogens is 3. The summed E-state index contributed by atoms with van der Waals surface area (Å²) in [6.07, 6.45) is 1.44. The average molecular weight is 215 g/mol. The van der Waals surface area contributed by atoms with Crippen LogP contribution in [-0.2, 0) is 4.74 Å². The van der Waals surface area contributed by atoms with Crippen molar-refractivity contribution in [1.29, 1.82) is 0 Å². The first-order valence-corrected chi connectivity index (χ1v) is 4.54. The lowest BCUT2D eigenvalue weighted by Gasteiger charge is -2.31. The Morgan fingerprint density at radius 3 is 2.69 bits per heavy atom. The Balaban J connectivity index is 2.54. The average Bonchev–Trinajstić information content (AvgIpc) is 2.05. The first-order valence-electron chi connectivity index (χ1n) is 4.16. The van der Waals surface area contributed by atoms with E-state index in [-0.39, 0.29) is 12.5 Å². The molecule has 1 aliphatic rings. The molecule has 0 spiro atoms. The van der Waals surface area contributed by atoms with Crippen LogP contribution in [0.1, 0.15) is 12.8 Å². The van der Waals surface area contributed by atoms with Crippen molar-refractivity contribution in [1.82, 2.24) is 5.43 Å². The summed E-state index contributed by atoms with van der Waals surface area (Å²) < 4.78 is 30.6. The van der Waals surface area contributed by atoms with Gasteiger partial charge in [0.25, 0.3) is 0 Å². The van der Waals surface area contributed by atoms with Crippen LogP contribution in [0.25, 0.3) is 0 Å². The van der Waals surface area contributed by atoms with Gasteiger partial charge in [-0.15, -0.1) is 0 Å². The highest BCUT2D eigenvalue weighted by Crippen LogP contribution is 2.31. The molecule has 0 aliphatic carbocycles. The van der Waals surface area contributed by atoms with E-state index >= 15 is 0 Å². The van der Waals surface area contributed by atoms with E-state index in [1.54, 1.807) is 0 Å². The second-order valence-corrected chi connectivity index (χ2v) is 3.67. The molecule has 1 saturated heterocycles. The fourth-order valence-corrected chi connectivity index (χ4v) is 1.77. The third-order valence-corrected chi connectivity index (χ3v) is 2.43. The Hall–Kier alpha value is 0.0300. The van der Waals surface area contributed by atoms with Crippen LogP contribution >= 0.6 is 11.6 Å². The monoisotopic (exact) mass is 214 g/mol. The largest absolute Gasteiger partial charge is 0.381 e. The molecule has 0 aromatic carbocycles. The molecule has 13 heavy (non-hydrogen) atoms. The van der Waals surface area contributed by atoms with Crippen LogP contribution in [0.3, 0.4) is 0 Å². The zero-order valence-corrected chi connectivity index (χ0v) is 7.86. The fraction of sp³-hybridized carbons (Fsp3) is 1.00. The van der Waals surface area contributed by atoms with Gasteiger partial charge in [0.05, 0.1) is 6.61 Å². The third kappa shape index (κ3) is 3.02. The smallest absolute Gasteiger partial charge is 0.338 e. The van der Waals surface area contributed by atoms with Crippen LogP contribution in [0.4, 0.5) is 8.78 Å². The van der Waals surface area contributed by atoms with E-state index in [4.69, 9.17) is 22.2 Å². The third-order valence-electron chi connectivity index (χ3n) is 2.20. The fourth-order valence-electron chi connectivity index (χ4n) is 1.53. The number of hydrogen-bond acceptors (Lipinski definition) is 3. The van der Waals surface area contributed by atoms with Crippen molar-refractivity contribution < 1.29 is 13.5 Å². The van der Waals surface area contributed by atoms with E-state index in [9.17, 15) is 8.78 Å². The highest BCUT2D eigenvalue weighted by molar-refractivity contribution is 6.22. The predicted molar refractivity (Wildman–Crippen MR) is 45.5 cm³/mol. The molecule has 2 unspecified atom stereocenters. The minimum absolute atomic E-state index is 0.289. The lowest BCUT2D eigenvalue weighted by molar-refractivity contribution is -0.0267. The van der Waals surface area contributed by atoms with Crippen molar-refractivity contribution in [2.45, 2.75) is 24.3 Å². The number of rotatable bonds is 3. The van der Waals surface area contributed by atoms with Crippen molar-refractivity contribution in [3.8, 4) is 0 Å². The van der Waals surface area contributed by atoms with Gasteiger partial charge < -0.3 is 4.74 Å². The standard InChI is InChI=1S/C7H13ClF2N2O/c8-7(9,10)6(12-11)5-2-1-3-13-4-5/h5-6,12H,1-4,11H2. The second-order valence-electron chi connectivity index (χ2n) is 3.16. The predicted octanol–water partition coefficient (Wildman–Crippen LogP) is 1.08. The highest BCUT2D eigenvalue weighted by Gasteiger charge is 2.42. The summed E-state index contributed by atoms with van der Waals surface area (Å²) in [4.78, 5) is 0. The van der Waals surface area contributed by atoms with Gasteiger partial charge in [0, 0.05) is 12.5 Å². The van der Waals surface area contributed by atoms with Crippen molar-refractivity contribution in [3.05, 3.63) is 0 Å². The topological polar surface area (TPSA) is 47.3 Å². The van der Waals surface area contributed by atoms with Crippen molar-refractivity contribution in [3.63, 3.8) is 0 Å². The molecule has 2 atom stereocenters. The zero-order valence-electron chi connectivity index (χ0n) is 7.10. The molecule has 0 bridgehead atoms. The first-order chi connectivity index (χ1) is 6.05. The Morgan fingerprint density at radius 1 is 1.62 bits per heavy atom. The van der Waals surface area contributed by atoms with Gasteiger partial charge in [-0.1, -0.05) is 0 Å². The van der Waals surface area contributed by atoms with Crippen molar-refractivity contribution in [2.24, 2.45) is 11.8 Å². The molecule has 3 nitrogen and oxygen atoms in total. The number of hydrazine groups is 1. The minimum atomic E-state index is -3.32. The Kier molecular flexibility index (Phi) is 3.85. The van der Waals surface area contributed by atoms with E-state index in [1.807, 2.05) is 5.43 Å². The zero-order chi connectivity index (χ0) is 9.90. The Bertz CT molecular complexity index is 159. The van der Waals surface area contributed by atoms with Crippen molar-refractivity contribution in [2.75, 3.05) is 13.2 Å². The van der Waals surface area contributed by atoms with Gasteiger partial charge in [-0.2, -0.15) is 8.78 Å². The minimum Gasteiger partial charge on any atom is -0.381 e. The van der Waals surface area contributed by atoms with Gasteiger partial charge in [0.2, 0.25) is 0 Å². The molecule has 0 radical (unpaired) electrons. The van der Waals surface area contributed by atoms with Gasteiger partial charge in [-0.3, -0.25) is 5.84 Å². The molecule has 0 amide bonds. The summed E-state index contributed by atoms with van der Waals surface area (Å²) in [7, 11) is 0. The lowest BCUT2D eigenvalue weighted by atomic mass is 9.94. The van der Waals surface area contributed by atoms with Crippen LogP contribution < -0.4 is 11.3 Å². The molecule has 1 aliphatic heterocycles. The lowest BCUT2D eigenvalue weighted by Crippen LogP contribution is -2.52. The maximum atomic E-state index is 12.7. The molecule has 0 aromatic heterocycles. The molecule has 0 saturated carbocycles. The number of nitrogens with one attached hydrogen (secondary N) is 1. The molecular formula is C7H13ClF2N2O. The van der Waals surface area contributed by atoms with Gasteiger partial charge in [-0.05, 0) is 24.4 Å². The molecular weight excluding hydrogens is 202 g/mol.